The van der Waals surface area contributed by atoms with Crippen molar-refractivity contribution in [2.75, 3.05) is 18.0 Å². The van der Waals surface area contributed by atoms with Crippen LogP contribution in [0.2, 0.25) is 5.02 Å². The molecular formula is C20H23ClN2O. The predicted molar refractivity (Wildman–Crippen MR) is 99.7 cm³/mol. The van der Waals surface area contributed by atoms with Gasteiger partial charge in [-0.3, -0.25) is 4.79 Å². The highest BCUT2D eigenvalue weighted by Crippen LogP contribution is 2.31. The van der Waals surface area contributed by atoms with Crippen molar-refractivity contribution >= 4 is 23.2 Å². The molecule has 0 aliphatic carbocycles. The van der Waals surface area contributed by atoms with Crippen molar-refractivity contribution in [3.63, 3.8) is 0 Å². The van der Waals surface area contributed by atoms with Gasteiger partial charge < -0.3 is 10.2 Å². The molecule has 1 N–H and O–H groups in total. The monoisotopic (exact) mass is 342 g/mol. The van der Waals surface area contributed by atoms with Crippen molar-refractivity contribution < 1.29 is 4.79 Å². The van der Waals surface area contributed by atoms with Crippen LogP contribution in [0.3, 0.4) is 0 Å². The number of amides is 1. The molecule has 126 valence electrons. The number of hydrogen-bond acceptors (Lipinski definition) is 2. The molecule has 0 saturated heterocycles. The van der Waals surface area contributed by atoms with Gasteiger partial charge in [-0.2, -0.15) is 0 Å². The lowest BCUT2D eigenvalue weighted by atomic mass is 10.1. The molecule has 1 amide bonds. The fraction of sp³-hybridized carbons (Fsp3) is 0.350. The van der Waals surface area contributed by atoms with Gasteiger partial charge in [0.2, 0.25) is 5.91 Å². The number of nitrogens with one attached hydrogen (secondary N) is 1. The second kappa shape index (κ2) is 7.71. The average molecular weight is 343 g/mol. The summed E-state index contributed by atoms with van der Waals surface area (Å²) < 4.78 is 0. The van der Waals surface area contributed by atoms with E-state index in [1.54, 1.807) is 0 Å². The van der Waals surface area contributed by atoms with E-state index in [4.69, 9.17) is 11.6 Å². The minimum Gasteiger partial charge on any atom is -0.368 e. The lowest BCUT2D eigenvalue weighted by molar-refractivity contribution is -0.120. The summed E-state index contributed by atoms with van der Waals surface area (Å²) in [6, 6.07) is 16.6. The Morgan fingerprint density at radius 3 is 2.92 bits per heavy atom. The second-order valence-electron chi connectivity index (χ2n) is 6.39. The molecule has 2 aromatic rings. The van der Waals surface area contributed by atoms with Crippen molar-refractivity contribution in [3.8, 4) is 0 Å². The molecule has 1 atom stereocenters. The van der Waals surface area contributed by atoms with Crippen LogP contribution in [-0.4, -0.2) is 25.0 Å². The number of fused-ring (bicyclic) bond motifs is 1. The van der Waals surface area contributed by atoms with Crippen molar-refractivity contribution in [3.05, 3.63) is 64.7 Å². The zero-order valence-corrected chi connectivity index (χ0v) is 14.7. The first-order valence-electron chi connectivity index (χ1n) is 8.49. The van der Waals surface area contributed by atoms with Gasteiger partial charge in [-0.25, -0.2) is 0 Å². The fourth-order valence-electron chi connectivity index (χ4n) is 3.34. The fourth-order valence-corrected chi connectivity index (χ4v) is 3.56. The molecule has 1 heterocycles. The predicted octanol–water partition coefficient (Wildman–Crippen LogP) is 3.84. The number of carbonyl (C=O) groups is 1. The van der Waals surface area contributed by atoms with E-state index in [0.717, 1.165) is 24.9 Å². The molecule has 1 aliphatic heterocycles. The molecule has 3 nitrogen and oxygen atoms in total. The number of carbonyl (C=O) groups excluding carboxylic acids is 1. The van der Waals surface area contributed by atoms with Crippen LogP contribution in [0.15, 0.2) is 48.5 Å². The smallest absolute Gasteiger partial charge is 0.224 e. The summed E-state index contributed by atoms with van der Waals surface area (Å²) in [4.78, 5) is 14.5. The van der Waals surface area contributed by atoms with Gasteiger partial charge in [-0.1, -0.05) is 41.9 Å². The van der Waals surface area contributed by atoms with E-state index in [2.05, 4.69) is 41.4 Å². The van der Waals surface area contributed by atoms with Crippen molar-refractivity contribution in [1.29, 1.82) is 0 Å². The summed E-state index contributed by atoms with van der Waals surface area (Å²) in [5.41, 5.74) is 3.72. The summed E-state index contributed by atoms with van der Waals surface area (Å²) >= 11 is 5.95. The maximum absolute atomic E-state index is 12.0. The summed E-state index contributed by atoms with van der Waals surface area (Å²) in [7, 11) is 0. The van der Waals surface area contributed by atoms with E-state index in [1.807, 2.05) is 24.3 Å². The zero-order valence-electron chi connectivity index (χ0n) is 14.0. The lowest BCUT2D eigenvalue weighted by Crippen LogP contribution is -2.33. The normalized spacial score (nSPS) is 16.1. The first-order chi connectivity index (χ1) is 11.6. The first kappa shape index (κ1) is 16.8. The Kier molecular flexibility index (Phi) is 5.41. The summed E-state index contributed by atoms with van der Waals surface area (Å²) in [5, 5.41) is 3.67. The Morgan fingerprint density at radius 2 is 2.08 bits per heavy atom. The molecule has 0 spiro atoms. The molecule has 0 radical (unpaired) electrons. The Balaban J connectivity index is 1.43. The number of hydrogen-bond donors (Lipinski definition) is 1. The van der Waals surface area contributed by atoms with Crippen LogP contribution in [-0.2, 0) is 17.6 Å². The van der Waals surface area contributed by atoms with Gasteiger partial charge >= 0.3 is 0 Å². The maximum atomic E-state index is 12.0. The van der Waals surface area contributed by atoms with Gasteiger partial charge in [0.15, 0.2) is 0 Å². The van der Waals surface area contributed by atoms with Gasteiger partial charge in [0.1, 0.15) is 0 Å². The van der Waals surface area contributed by atoms with Crippen LogP contribution >= 0.6 is 11.6 Å². The third kappa shape index (κ3) is 4.09. The number of halogens is 1. The molecule has 0 fully saturated rings. The molecule has 24 heavy (non-hydrogen) atoms. The standard InChI is InChI=1S/C20H23ClN2O/c1-15-12-17-7-2-3-9-19(17)23(15)11-5-10-22-20(24)14-16-6-4-8-18(21)13-16/h2-4,6-9,13,15H,5,10-12,14H2,1H3,(H,22,24). The van der Waals surface area contributed by atoms with E-state index < -0.39 is 0 Å². The van der Waals surface area contributed by atoms with Gasteiger partial charge in [-0.15, -0.1) is 0 Å². The first-order valence-corrected chi connectivity index (χ1v) is 8.87. The molecule has 0 saturated carbocycles. The maximum Gasteiger partial charge on any atom is 0.224 e. The number of rotatable bonds is 6. The van der Waals surface area contributed by atoms with Crippen LogP contribution in [0, 0.1) is 0 Å². The minimum atomic E-state index is 0.0483. The van der Waals surface area contributed by atoms with E-state index >= 15 is 0 Å². The van der Waals surface area contributed by atoms with Crippen molar-refractivity contribution in [1.82, 2.24) is 5.32 Å². The highest BCUT2D eigenvalue weighted by Gasteiger charge is 2.24. The molecular weight excluding hydrogens is 320 g/mol. The van der Waals surface area contributed by atoms with Crippen molar-refractivity contribution in [2.45, 2.75) is 32.2 Å². The molecule has 0 bridgehead atoms. The zero-order chi connectivity index (χ0) is 16.9. The number of para-hydroxylation sites is 1. The summed E-state index contributed by atoms with van der Waals surface area (Å²) in [6.45, 7) is 3.93. The second-order valence-corrected chi connectivity index (χ2v) is 6.82. The number of benzene rings is 2. The quantitative estimate of drug-likeness (QED) is 0.809. The summed E-state index contributed by atoms with van der Waals surface area (Å²) in [6.07, 6.45) is 2.43. The molecule has 1 unspecified atom stereocenters. The van der Waals surface area contributed by atoms with Gasteiger partial charge in [0.25, 0.3) is 0 Å². The SMILES string of the molecule is CC1Cc2ccccc2N1CCCNC(=O)Cc1cccc(Cl)c1. The minimum absolute atomic E-state index is 0.0483. The highest BCUT2D eigenvalue weighted by atomic mass is 35.5. The van der Waals surface area contributed by atoms with Crippen LogP contribution in [0.1, 0.15) is 24.5 Å². The van der Waals surface area contributed by atoms with E-state index in [1.165, 1.54) is 11.3 Å². The Hall–Kier alpha value is -2.00. The van der Waals surface area contributed by atoms with Crippen LogP contribution in [0.5, 0.6) is 0 Å². The van der Waals surface area contributed by atoms with Gasteiger partial charge in [0, 0.05) is 29.8 Å². The van der Waals surface area contributed by atoms with E-state index in [-0.39, 0.29) is 5.91 Å². The van der Waals surface area contributed by atoms with E-state index in [9.17, 15) is 4.79 Å². The van der Waals surface area contributed by atoms with Crippen LogP contribution in [0.4, 0.5) is 5.69 Å². The van der Waals surface area contributed by atoms with Crippen LogP contribution < -0.4 is 10.2 Å². The van der Waals surface area contributed by atoms with Crippen molar-refractivity contribution in [2.24, 2.45) is 0 Å². The van der Waals surface area contributed by atoms with Crippen LogP contribution in [0.25, 0.3) is 0 Å². The van der Waals surface area contributed by atoms with E-state index in [0.29, 0.717) is 24.0 Å². The van der Waals surface area contributed by atoms with Gasteiger partial charge in [-0.05, 0) is 49.1 Å². The topological polar surface area (TPSA) is 32.3 Å². The Labute approximate surface area is 148 Å². The lowest BCUT2D eigenvalue weighted by Gasteiger charge is -2.24. The number of nitrogens with zero attached hydrogens (tertiary/aromatic N) is 1. The molecule has 1 aliphatic rings. The Bertz CT molecular complexity index is 716. The molecule has 4 heteroatoms. The molecule has 2 aromatic carbocycles. The average Bonchev–Trinajstić information content (AvgIpc) is 2.87. The Morgan fingerprint density at radius 1 is 1.25 bits per heavy atom. The molecule has 0 aromatic heterocycles. The summed E-state index contributed by atoms with van der Waals surface area (Å²) in [5.74, 6) is 0.0483. The molecule has 3 rings (SSSR count). The number of anilines is 1. The van der Waals surface area contributed by atoms with Gasteiger partial charge in [0.05, 0.1) is 6.42 Å². The largest absolute Gasteiger partial charge is 0.368 e. The third-order valence-corrected chi connectivity index (χ3v) is 4.74. The highest BCUT2D eigenvalue weighted by molar-refractivity contribution is 6.30. The third-order valence-electron chi connectivity index (χ3n) is 4.50.